The molecule has 0 aliphatic rings. The molecule has 8 amide bonds. The third kappa shape index (κ3) is 69.0. The Morgan fingerprint density at radius 1 is 0.305 bits per heavy atom. The van der Waals surface area contributed by atoms with Gasteiger partial charge in [-0.1, -0.05) is 0 Å². The third-order valence-electron chi connectivity index (χ3n) is 15.4. The number of rotatable bonds is 41. The zero-order valence-corrected chi connectivity index (χ0v) is 69.9. The average molecular weight is 1530 g/mol. The fraction of sp³-hybridized carbons (Fsp3) is 0.877. The van der Waals surface area contributed by atoms with Crippen LogP contribution in [0.3, 0.4) is 0 Å². The Morgan fingerprint density at radius 3 is 0.752 bits per heavy atom. The van der Waals surface area contributed by atoms with Gasteiger partial charge in [-0.15, -0.1) is 0 Å². The molecule has 0 aromatic rings. The van der Waals surface area contributed by atoms with Gasteiger partial charge in [0.1, 0.15) is 0 Å². The quantitative estimate of drug-likeness (QED) is 0.0253. The first-order chi connectivity index (χ1) is 48.4. The number of hydrazine groups is 8. The Hall–Kier alpha value is -5.20. The second kappa shape index (κ2) is 70.5. The van der Waals surface area contributed by atoms with Crippen molar-refractivity contribution in [1.29, 1.82) is 0 Å². The Kier molecular flexibility index (Phi) is 77.6. The molecule has 0 fully saturated rings. The summed E-state index contributed by atoms with van der Waals surface area (Å²) < 4.78 is 5.31. The minimum absolute atomic E-state index is 0.0200. The van der Waals surface area contributed by atoms with Crippen molar-refractivity contribution in [2.45, 2.75) is 273 Å². The van der Waals surface area contributed by atoms with Gasteiger partial charge in [-0.3, -0.25) is 109 Å². The highest BCUT2D eigenvalue weighted by Gasteiger charge is 2.28. The van der Waals surface area contributed by atoms with Gasteiger partial charge in [0.05, 0.1) is 97.2 Å². The first-order valence-corrected chi connectivity index (χ1v) is 35.1. The lowest BCUT2D eigenvalue weighted by molar-refractivity contribution is -0.121. The highest BCUT2D eigenvalue weighted by molar-refractivity contribution is 5.75. The molecule has 0 aromatic heterocycles. The van der Waals surface area contributed by atoms with E-state index in [1.165, 1.54) is 55.4 Å². The maximum atomic E-state index is 10.9. The minimum atomic E-state index is -0.614. The standard InChI is InChI=1S/3C9H21N3O2.3C8H19N3O2.2C7H17N3O2/c1-6(11-8(3)13)9(14-5)7(2)12-10-4;2*1-6(11-8(3)13)9(14)7(2)12(5)10-4;1-6(10-7(2)12)8(13)5-11(4)9-3;2*1-5(10-7(3)12)8(13)6(2)11-9-4;2*1-5(10-6(2)11)7(12)4-9-8-3/h6-7,9-10,12H,1-5H3,(H,11,13);2*6-7,9-10,14H,1-5H3,(H,11,13);6,8-9,13H,5H2,1-4H3,(H,10,12);2*5-6,8-9,11,13H,1-4H3,(H,10,12);2*5,7-9,12H,4H2,1-3H3,(H,10,11). The molecule has 0 aliphatic carbocycles. The third-order valence-corrected chi connectivity index (χ3v) is 15.4. The summed E-state index contributed by atoms with van der Waals surface area (Å²) in [5.41, 5.74) is 36.6. The van der Waals surface area contributed by atoms with Crippen LogP contribution >= 0.6 is 0 Å². The topological polar surface area (TPSA) is 550 Å². The van der Waals surface area contributed by atoms with Crippen LogP contribution in [0.1, 0.15) is 145 Å². The van der Waals surface area contributed by atoms with E-state index >= 15 is 0 Å². The second-order valence-electron chi connectivity index (χ2n) is 25.3. The molecule has 105 heavy (non-hydrogen) atoms. The van der Waals surface area contributed by atoms with Crippen LogP contribution in [-0.4, -0.2) is 330 Å². The number of nitrogens with zero attached hydrogens (tertiary/aromatic N) is 3. The molecule has 0 saturated heterocycles. The summed E-state index contributed by atoms with van der Waals surface area (Å²) in [5.74, 6) is -0.968. The number of hydrogen-bond donors (Lipinski definition) is 28. The lowest BCUT2D eigenvalue weighted by atomic mass is 10.1. The molecule has 28 N–H and O–H groups in total. The zero-order chi connectivity index (χ0) is 84.2. The van der Waals surface area contributed by atoms with Gasteiger partial charge in [0.15, 0.2) is 0 Å². The molecule has 40 nitrogen and oxygen atoms in total. The van der Waals surface area contributed by atoms with Gasteiger partial charge >= 0.3 is 0 Å². The first-order valence-electron chi connectivity index (χ1n) is 35.1. The smallest absolute Gasteiger partial charge is 0.217 e. The number of ether oxygens (including phenoxy) is 1. The van der Waals surface area contributed by atoms with Gasteiger partial charge in [0, 0.05) is 133 Å². The van der Waals surface area contributed by atoms with Crippen molar-refractivity contribution in [3.05, 3.63) is 0 Å². The Labute approximate surface area is 629 Å². The van der Waals surface area contributed by atoms with Gasteiger partial charge in [0.2, 0.25) is 47.3 Å². The predicted octanol–water partition coefficient (Wildman–Crippen LogP) is -7.61. The molecule has 0 spiro atoms. The number of carbonyl (C=O) groups excluding carboxylic acids is 8. The van der Waals surface area contributed by atoms with Crippen LogP contribution in [0.15, 0.2) is 0 Å². The molecule has 21 unspecified atom stereocenters. The second-order valence-corrected chi connectivity index (χ2v) is 25.3. The number of carbonyl (C=O) groups is 8. The number of nitrogens with one attached hydrogen (secondary N) is 21. The molecule has 40 heteroatoms. The summed E-state index contributed by atoms with van der Waals surface area (Å²) in [6, 6.07) is -1.99. The van der Waals surface area contributed by atoms with Crippen LogP contribution in [0.4, 0.5) is 0 Å². The van der Waals surface area contributed by atoms with E-state index in [-0.39, 0.29) is 132 Å². The highest BCUT2D eigenvalue weighted by Crippen LogP contribution is 2.07. The summed E-state index contributed by atoms with van der Waals surface area (Å²) >= 11 is 0. The Balaban J connectivity index is -0.000000171. The monoisotopic (exact) mass is 1530 g/mol. The highest BCUT2D eigenvalue weighted by atomic mass is 16.5. The maximum Gasteiger partial charge on any atom is 0.217 e. The first kappa shape index (κ1) is 116. The lowest BCUT2D eigenvalue weighted by Crippen LogP contribution is -2.53. The van der Waals surface area contributed by atoms with Crippen LogP contribution in [0.2, 0.25) is 0 Å². The zero-order valence-electron chi connectivity index (χ0n) is 69.9. The van der Waals surface area contributed by atoms with E-state index in [4.69, 9.17) is 4.74 Å². The lowest BCUT2D eigenvalue weighted by Gasteiger charge is -2.31. The number of likely N-dealkylation sites (N-methyl/N-ethyl adjacent to an activating group) is 3. The normalized spacial score (nSPS) is 16.8. The molecule has 0 radical (unpaired) electrons. The summed E-state index contributed by atoms with van der Waals surface area (Å²) in [5, 5.41) is 93.8. The van der Waals surface area contributed by atoms with Crippen LogP contribution in [0.25, 0.3) is 0 Å². The van der Waals surface area contributed by atoms with Gasteiger partial charge in [-0.05, 0) is 146 Å². The van der Waals surface area contributed by atoms with E-state index in [2.05, 4.69) is 113 Å². The molecular formula is C65H154N24O16. The van der Waals surface area contributed by atoms with Crippen LogP contribution < -0.4 is 113 Å². The van der Waals surface area contributed by atoms with Crippen LogP contribution in [0, 0.1) is 0 Å². The Morgan fingerprint density at radius 2 is 0.533 bits per heavy atom. The molecule has 21 atom stereocenters. The average Bonchev–Trinajstić information content (AvgIpc) is 0.899. The fourth-order valence-corrected chi connectivity index (χ4v) is 8.92. The largest absolute Gasteiger partial charge is 0.390 e. The Bertz CT molecular complexity index is 2080. The van der Waals surface area contributed by atoms with Gasteiger partial charge in [-0.25, -0.2) is 15.0 Å². The number of methoxy groups -OCH3 is 1. The van der Waals surface area contributed by atoms with E-state index in [1.54, 1.807) is 127 Å². The molecule has 0 saturated carbocycles. The summed E-state index contributed by atoms with van der Waals surface area (Å²) in [6.45, 7) is 36.5. The van der Waals surface area contributed by atoms with E-state index in [0.717, 1.165) is 0 Å². The van der Waals surface area contributed by atoms with E-state index in [1.807, 2.05) is 62.7 Å². The molecule has 0 heterocycles. The summed E-state index contributed by atoms with van der Waals surface area (Å²) in [4.78, 5) is 85.6. The van der Waals surface area contributed by atoms with Crippen molar-refractivity contribution in [2.24, 2.45) is 0 Å². The van der Waals surface area contributed by atoms with E-state index < -0.39 is 42.7 Å². The number of aliphatic hydroxyl groups is 7. The van der Waals surface area contributed by atoms with E-state index in [9.17, 15) is 74.1 Å². The van der Waals surface area contributed by atoms with Crippen LogP contribution in [-0.2, 0) is 43.1 Å². The fourth-order valence-electron chi connectivity index (χ4n) is 8.92. The van der Waals surface area contributed by atoms with E-state index in [0.29, 0.717) is 19.6 Å². The summed E-state index contributed by atoms with van der Waals surface area (Å²) in [7, 11) is 21.2. The van der Waals surface area contributed by atoms with Crippen molar-refractivity contribution in [2.75, 3.05) is 104 Å². The van der Waals surface area contributed by atoms with Crippen molar-refractivity contribution in [3.63, 3.8) is 0 Å². The van der Waals surface area contributed by atoms with Crippen molar-refractivity contribution < 1.29 is 78.8 Å². The molecule has 0 rings (SSSR count). The summed E-state index contributed by atoms with van der Waals surface area (Å²) in [6.07, 6.45) is -4.23. The van der Waals surface area contributed by atoms with Gasteiger partial charge in [0.25, 0.3) is 0 Å². The maximum absolute atomic E-state index is 10.9. The predicted molar refractivity (Wildman–Crippen MR) is 412 cm³/mol. The molecule has 0 aromatic carbocycles. The minimum Gasteiger partial charge on any atom is -0.390 e. The van der Waals surface area contributed by atoms with Gasteiger partial charge < -0.3 is 83.0 Å². The van der Waals surface area contributed by atoms with Crippen LogP contribution in [0.5, 0.6) is 0 Å². The number of hydrogen-bond acceptors (Lipinski definition) is 32. The number of aliphatic hydroxyl groups excluding tert-OH is 7. The number of amides is 8. The van der Waals surface area contributed by atoms with Crippen molar-refractivity contribution in [1.82, 2.24) is 128 Å². The molecule has 0 bridgehead atoms. The molecular weight excluding hydrogens is 1370 g/mol. The molecule has 630 valence electrons. The van der Waals surface area contributed by atoms with Gasteiger partial charge in [-0.2, -0.15) is 0 Å². The van der Waals surface area contributed by atoms with Crippen molar-refractivity contribution in [3.8, 4) is 0 Å². The molecule has 0 aliphatic heterocycles. The van der Waals surface area contributed by atoms with Crippen molar-refractivity contribution >= 4 is 47.3 Å². The SMILES string of the molecule is CNN(C)C(C)C(O)C(C)NC(C)=O.CNN(C)C(C)C(O)C(C)NC(C)=O.CNN(C)CC(O)C(C)NC(C)=O.CNNC(C)C(O)C(C)NC(C)=O.CNNC(C)C(O)C(C)NC(C)=O.CNNC(C)C(OC)C(C)NC(C)=O.CNNCC(O)C(C)NC(C)=O.CNNCC(O)C(C)NC(C)=O.